The first-order valence-corrected chi connectivity index (χ1v) is 4.67. The second-order valence-corrected chi connectivity index (χ2v) is 3.89. The van der Waals surface area contributed by atoms with E-state index in [-0.39, 0.29) is 11.5 Å². The van der Waals surface area contributed by atoms with Crippen molar-refractivity contribution >= 4 is 0 Å². The van der Waals surface area contributed by atoms with Gasteiger partial charge in [-0.05, 0) is 25.7 Å². The summed E-state index contributed by atoms with van der Waals surface area (Å²) in [7, 11) is 0. The molecule has 0 spiro atoms. The Morgan fingerprint density at radius 1 is 1.50 bits per heavy atom. The summed E-state index contributed by atoms with van der Waals surface area (Å²) >= 11 is 0. The highest BCUT2D eigenvalue weighted by Gasteiger charge is 2.40. The normalized spacial score (nSPS) is 42.2. The predicted molar refractivity (Wildman–Crippen MR) is 53.8 cm³/mol. The predicted octanol–water partition coefficient (Wildman–Crippen LogP) is 2.49. The number of nitrogens with two attached hydrogens (primary N) is 1. The van der Waals surface area contributed by atoms with E-state index in [0.29, 0.717) is 5.92 Å². The Balaban J connectivity index is 2.83. The molecule has 2 N–H and O–H groups in total. The van der Waals surface area contributed by atoms with Crippen LogP contribution in [0.4, 0.5) is 0 Å². The second-order valence-electron chi connectivity index (χ2n) is 3.89. The molecule has 12 heavy (non-hydrogen) atoms. The highest BCUT2D eigenvalue weighted by molar-refractivity contribution is 5.12. The summed E-state index contributed by atoms with van der Waals surface area (Å²) in [5.74, 6) is 0.593. The molecule has 1 saturated carbocycles. The van der Waals surface area contributed by atoms with Crippen molar-refractivity contribution in [2.24, 2.45) is 17.1 Å². The molecule has 0 heterocycles. The van der Waals surface area contributed by atoms with Crippen molar-refractivity contribution in [3.05, 3.63) is 24.8 Å². The van der Waals surface area contributed by atoms with Gasteiger partial charge in [0.25, 0.3) is 0 Å². The van der Waals surface area contributed by atoms with E-state index in [1.165, 1.54) is 6.42 Å². The maximum absolute atomic E-state index is 6.04. The third kappa shape index (κ3) is 1.34. The number of allylic oxidation sites excluding steroid dienone is 2. The molecule has 1 aliphatic rings. The van der Waals surface area contributed by atoms with E-state index >= 15 is 0 Å². The molecule has 0 aromatic carbocycles. The quantitative estimate of drug-likeness (QED) is 0.625. The minimum Gasteiger partial charge on any atom is -0.327 e. The standard InChI is InChI=1S/C11H19N/c1-4-6-9-7-8-10(12)11(9,3)5-2/h4-6,9-10H,2,7-8,12H2,1,3H3/b6-4+/t9?,10-,11?/m0/s1. The lowest BCUT2D eigenvalue weighted by atomic mass is 9.77. The Bertz CT molecular complexity index is 195. The van der Waals surface area contributed by atoms with Gasteiger partial charge in [0.1, 0.15) is 0 Å². The SMILES string of the molecule is C=CC1(C)C(/C=C/C)CC[C@@H]1N. The van der Waals surface area contributed by atoms with Crippen LogP contribution in [-0.4, -0.2) is 6.04 Å². The van der Waals surface area contributed by atoms with Gasteiger partial charge in [-0.2, -0.15) is 0 Å². The summed E-state index contributed by atoms with van der Waals surface area (Å²) in [5, 5.41) is 0. The lowest BCUT2D eigenvalue weighted by molar-refractivity contribution is 0.326. The number of hydrogen-bond acceptors (Lipinski definition) is 1. The molecule has 0 amide bonds. The zero-order valence-electron chi connectivity index (χ0n) is 8.09. The van der Waals surface area contributed by atoms with Crippen molar-refractivity contribution in [2.45, 2.75) is 32.7 Å². The van der Waals surface area contributed by atoms with Crippen molar-refractivity contribution in [3.8, 4) is 0 Å². The molecule has 2 unspecified atom stereocenters. The molecule has 1 nitrogen and oxygen atoms in total. The Morgan fingerprint density at radius 3 is 2.67 bits per heavy atom. The zero-order valence-corrected chi connectivity index (χ0v) is 8.09. The first-order chi connectivity index (χ1) is 5.65. The Hall–Kier alpha value is -0.560. The van der Waals surface area contributed by atoms with Gasteiger partial charge in [0.05, 0.1) is 0 Å². The van der Waals surface area contributed by atoms with Gasteiger partial charge in [-0.1, -0.05) is 25.2 Å². The molecular formula is C11H19N. The molecule has 0 aromatic heterocycles. The molecule has 1 rings (SSSR count). The smallest absolute Gasteiger partial charge is 0.0133 e. The Kier molecular flexibility index (Phi) is 2.73. The first-order valence-electron chi connectivity index (χ1n) is 4.67. The average Bonchev–Trinajstić information content (AvgIpc) is 2.34. The van der Waals surface area contributed by atoms with Crippen LogP contribution in [0.5, 0.6) is 0 Å². The van der Waals surface area contributed by atoms with E-state index in [2.05, 4.69) is 32.6 Å². The molecular weight excluding hydrogens is 146 g/mol. The third-order valence-corrected chi connectivity index (χ3v) is 3.25. The van der Waals surface area contributed by atoms with Crippen molar-refractivity contribution < 1.29 is 0 Å². The average molecular weight is 165 g/mol. The summed E-state index contributed by atoms with van der Waals surface area (Å²) in [4.78, 5) is 0. The van der Waals surface area contributed by atoms with Crippen LogP contribution >= 0.6 is 0 Å². The van der Waals surface area contributed by atoms with Crippen molar-refractivity contribution in [1.29, 1.82) is 0 Å². The van der Waals surface area contributed by atoms with Crippen LogP contribution < -0.4 is 5.73 Å². The van der Waals surface area contributed by atoms with Crippen LogP contribution in [0.2, 0.25) is 0 Å². The molecule has 0 bridgehead atoms. The monoisotopic (exact) mass is 165 g/mol. The van der Waals surface area contributed by atoms with E-state index < -0.39 is 0 Å². The van der Waals surface area contributed by atoms with E-state index in [0.717, 1.165) is 6.42 Å². The van der Waals surface area contributed by atoms with Gasteiger partial charge in [-0.3, -0.25) is 0 Å². The maximum Gasteiger partial charge on any atom is 0.0133 e. The molecule has 0 aliphatic heterocycles. The van der Waals surface area contributed by atoms with E-state index in [1.54, 1.807) is 0 Å². The zero-order chi connectivity index (χ0) is 9.19. The van der Waals surface area contributed by atoms with E-state index in [1.807, 2.05) is 6.08 Å². The molecule has 1 aliphatic carbocycles. The summed E-state index contributed by atoms with van der Waals surface area (Å²) in [5.41, 5.74) is 6.16. The van der Waals surface area contributed by atoms with Gasteiger partial charge < -0.3 is 5.73 Å². The molecule has 0 saturated heterocycles. The minimum absolute atomic E-state index is 0.118. The Morgan fingerprint density at radius 2 is 2.17 bits per heavy atom. The van der Waals surface area contributed by atoms with E-state index in [4.69, 9.17) is 5.73 Å². The molecule has 1 fully saturated rings. The first kappa shape index (κ1) is 9.53. The fourth-order valence-corrected chi connectivity index (χ4v) is 2.09. The maximum atomic E-state index is 6.04. The topological polar surface area (TPSA) is 26.0 Å². The number of rotatable bonds is 2. The van der Waals surface area contributed by atoms with Gasteiger partial charge >= 0.3 is 0 Å². The summed E-state index contributed by atoms with van der Waals surface area (Å²) in [6.07, 6.45) is 8.72. The fraction of sp³-hybridized carbons (Fsp3) is 0.636. The van der Waals surface area contributed by atoms with Gasteiger partial charge in [-0.15, -0.1) is 6.58 Å². The fourth-order valence-electron chi connectivity index (χ4n) is 2.09. The van der Waals surface area contributed by atoms with E-state index in [9.17, 15) is 0 Å². The van der Waals surface area contributed by atoms with Crippen LogP contribution in [-0.2, 0) is 0 Å². The van der Waals surface area contributed by atoms with Crippen LogP contribution in [0.25, 0.3) is 0 Å². The van der Waals surface area contributed by atoms with Crippen molar-refractivity contribution in [1.82, 2.24) is 0 Å². The van der Waals surface area contributed by atoms with Crippen LogP contribution in [0.3, 0.4) is 0 Å². The van der Waals surface area contributed by atoms with Gasteiger partial charge in [0.15, 0.2) is 0 Å². The van der Waals surface area contributed by atoms with Crippen LogP contribution in [0.15, 0.2) is 24.8 Å². The molecule has 0 radical (unpaired) electrons. The molecule has 1 heteroatoms. The summed E-state index contributed by atoms with van der Waals surface area (Å²) in [6, 6.07) is 0.288. The van der Waals surface area contributed by atoms with Gasteiger partial charge in [-0.25, -0.2) is 0 Å². The molecule has 0 aromatic rings. The van der Waals surface area contributed by atoms with Gasteiger partial charge in [0.2, 0.25) is 0 Å². The molecule has 68 valence electrons. The highest BCUT2D eigenvalue weighted by Crippen LogP contribution is 2.43. The lowest BCUT2D eigenvalue weighted by Crippen LogP contribution is -2.36. The van der Waals surface area contributed by atoms with Crippen LogP contribution in [0, 0.1) is 11.3 Å². The highest BCUT2D eigenvalue weighted by atomic mass is 14.7. The van der Waals surface area contributed by atoms with Crippen molar-refractivity contribution in [3.63, 3.8) is 0 Å². The largest absolute Gasteiger partial charge is 0.327 e. The van der Waals surface area contributed by atoms with Crippen LogP contribution in [0.1, 0.15) is 26.7 Å². The second kappa shape index (κ2) is 3.44. The summed E-state index contributed by atoms with van der Waals surface area (Å²) in [6.45, 7) is 8.16. The third-order valence-electron chi connectivity index (χ3n) is 3.25. The van der Waals surface area contributed by atoms with Gasteiger partial charge in [0, 0.05) is 11.5 Å². The summed E-state index contributed by atoms with van der Waals surface area (Å²) < 4.78 is 0. The lowest BCUT2D eigenvalue weighted by Gasteiger charge is -2.30. The molecule has 3 atom stereocenters. The minimum atomic E-state index is 0.118. The number of hydrogen-bond donors (Lipinski definition) is 1. The Labute approximate surface area is 75.3 Å². The van der Waals surface area contributed by atoms with Crippen molar-refractivity contribution in [2.75, 3.05) is 0 Å².